The third-order valence-corrected chi connectivity index (χ3v) is 7.02. The predicted octanol–water partition coefficient (Wildman–Crippen LogP) is 5.88. The molecule has 8 heteroatoms. The number of hydrogen-bond acceptors (Lipinski definition) is 6. The first-order valence-electron chi connectivity index (χ1n) is 8.22. The lowest BCUT2D eigenvalue weighted by Crippen LogP contribution is -2.21. The van der Waals surface area contributed by atoms with Crippen molar-refractivity contribution in [3.05, 3.63) is 34.6 Å². The summed E-state index contributed by atoms with van der Waals surface area (Å²) in [4.78, 5) is 4.45. The summed E-state index contributed by atoms with van der Waals surface area (Å²) < 4.78 is 15.6. The van der Waals surface area contributed by atoms with Crippen molar-refractivity contribution in [3.63, 3.8) is 0 Å². The van der Waals surface area contributed by atoms with E-state index in [9.17, 15) is 4.39 Å². The molecule has 0 saturated heterocycles. The maximum atomic E-state index is 14.0. The van der Waals surface area contributed by atoms with E-state index >= 15 is 0 Å². The molecule has 1 aliphatic rings. The van der Waals surface area contributed by atoms with E-state index in [1.807, 2.05) is 12.1 Å². The molecular weight excluding hydrogens is 423 g/mol. The lowest BCUT2D eigenvalue weighted by molar-refractivity contribution is 0.462. The van der Waals surface area contributed by atoms with Crippen molar-refractivity contribution in [1.82, 2.24) is 15.2 Å². The van der Waals surface area contributed by atoms with Crippen LogP contribution in [0.2, 0.25) is 0 Å². The summed E-state index contributed by atoms with van der Waals surface area (Å²) in [6, 6.07) is 7.35. The molecule has 0 aliphatic heterocycles. The average molecular weight is 439 g/mol. The minimum atomic E-state index is -0.316. The first-order valence-corrected chi connectivity index (χ1v) is 10.6. The minimum absolute atomic E-state index is 0.316. The molecule has 1 saturated carbocycles. The first kappa shape index (κ1) is 17.2. The van der Waals surface area contributed by atoms with Crippen molar-refractivity contribution < 1.29 is 4.39 Å². The van der Waals surface area contributed by atoms with Gasteiger partial charge in [-0.05, 0) is 52.7 Å². The lowest BCUT2D eigenvalue weighted by atomic mass is 9.96. The van der Waals surface area contributed by atoms with E-state index < -0.39 is 0 Å². The van der Waals surface area contributed by atoms with Gasteiger partial charge >= 0.3 is 0 Å². The van der Waals surface area contributed by atoms with Gasteiger partial charge in [0.25, 0.3) is 0 Å². The molecule has 4 nitrogen and oxygen atoms in total. The Morgan fingerprint density at radius 1 is 1.20 bits per heavy atom. The SMILES string of the molecule is Fc1cccc2cc(Br)c(Sc3nnc(NC4CCCCC4)s3)nc12. The normalized spacial score (nSPS) is 15.6. The molecule has 0 bridgehead atoms. The van der Waals surface area contributed by atoms with Gasteiger partial charge in [-0.15, -0.1) is 10.2 Å². The van der Waals surface area contributed by atoms with Crippen LogP contribution < -0.4 is 5.32 Å². The van der Waals surface area contributed by atoms with Crippen molar-refractivity contribution in [3.8, 4) is 0 Å². The maximum Gasteiger partial charge on any atom is 0.206 e. The number of fused-ring (bicyclic) bond motifs is 1. The molecule has 0 spiro atoms. The van der Waals surface area contributed by atoms with Crippen LogP contribution in [0.25, 0.3) is 10.9 Å². The number of rotatable bonds is 4. The Hall–Kier alpha value is -1.25. The van der Waals surface area contributed by atoms with Crippen molar-refractivity contribution in [1.29, 1.82) is 0 Å². The molecule has 0 atom stereocenters. The fourth-order valence-corrected chi connectivity index (χ4v) is 5.32. The summed E-state index contributed by atoms with van der Waals surface area (Å²) in [6.07, 6.45) is 6.26. The zero-order valence-corrected chi connectivity index (χ0v) is 16.6. The topological polar surface area (TPSA) is 50.7 Å². The Kier molecular flexibility index (Phi) is 5.19. The smallest absolute Gasteiger partial charge is 0.206 e. The van der Waals surface area contributed by atoms with Crippen LogP contribution in [-0.4, -0.2) is 21.2 Å². The third kappa shape index (κ3) is 3.96. The Morgan fingerprint density at radius 3 is 2.88 bits per heavy atom. The number of anilines is 1. The van der Waals surface area contributed by atoms with E-state index in [1.54, 1.807) is 6.07 Å². The van der Waals surface area contributed by atoms with Gasteiger partial charge in [0.2, 0.25) is 5.13 Å². The van der Waals surface area contributed by atoms with Gasteiger partial charge in [0, 0.05) is 11.4 Å². The van der Waals surface area contributed by atoms with Crippen LogP contribution in [0.3, 0.4) is 0 Å². The summed E-state index contributed by atoms with van der Waals surface area (Å²) in [5.41, 5.74) is 0.373. The Labute approximate surface area is 161 Å². The molecule has 0 unspecified atom stereocenters. The molecule has 1 fully saturated rings. The molecular formula is C17H16BrFN4S2. The second-order valence-corrected chi connectivity index (χ2v) is 9.11. The number of halogens is 2. The number of pyridine rings is 1. The van der Waals surface area contributed by atoms with Crippen molar-refractivity contribution in [2.45, 2.75) is 47.5 Å². The molecule has 130 valence electrons. The number of hydrogen-bond donors (Lipinski definition) is 1. The van der Waals surface area contributed by atoms with Crippen LogP contribution in [-0.2, 0) is 0 Å². The molecule has 0 radical (unpaired) electrons. The van der Waals surface area contributed by atoms with Gasteiger partial charge in [-0.2, -0.15) is 0 Å². The zero-order chi connectivity index (χ0) is 17.2. The van der Waals surface area contributed by atoms with Crippen molar-refractivity contribution >= 4 is 55.1 Å². The second kappa shape index (κ2) is 7.55. The molecule has 1 aliphatic carbocycles. The van der Waals surface area contributed by atoms with Crippen LogP contribution in [0.4, 0.5) is 9.52 Å². The van der Waals surface area contributed by atoms with E-state index in [1.165, 1.54) is 61.3 Å². The van der Waals surface area contributed by atoms with Gasteiger partial charge in [-0.25, -0.2) is 9.37 Å². The summed E-state index contributed by atoms with van der Waals surface area (Å²) in [5.74, 6) is -0.316. The highest BCUT2D eigenvalue weighted by Gasteiger charge is 2.16. The van der Waals surface area contributed by atoms with Gasteiger partial charge in [0.15, 0.2) is 4.34 Å². The summed E-state index contributed by atoms with van der Waals surface area (Å²) in [7, 11) is 0. The minimum Gasteiger partial charge on any atom is -0.357 e. The Morgan fingerprint density at radius 2 is 2.04 bits per heavy atom. The zero-order valence-electron chi connectivity index (χ0n) is 13.3. The molecule has 1 aromatic carbocycles. The van der Waals surface area contributed by atoms with E-state index in [2.05, 4.69) is 36.4 Å². The van der Waals surface area contributed by atoms with Crippen LogP contribution in [0.15, 0.2) is 38.1 Å². The molecule has 3 aromatic rings. The molecule has 0 amide bonds. The molecule has 25 heavy (non-hydrogen) atoms. The van der Waals surface area contributed by atoms with Gasteiger partial charge in [0.05, 0.1) is 4.47 Å². The van der Waals surface area contributed by atoms with E-state index in [4.69, 9.17) is 0 Å². The highest BCUT2D eigenvalue weighted by atomic mass is 79.9. The third-order valence-electron chi connectivity index (χ3n) is 4.24. The highest BCUT2D eigenvalue weighted by Crippen LogP contribution is 2.37. The fourth-order valence-electron chi connectivity index (χ4n) is 3.00. The predicted molar refractivity (Wildman–Crippen MR) is 104 cm³/mol. The molecule has 1 N–H and O–H groups in total. The monoisotopic (exact) mass is 438 g/mol. The first-order chi connectivity index (χ1) is 12.2. The number of aromatic nitrogens is 3. The summed E-state index contributed by atoms with van der Waals surface area (Å²) in [5, 5.41) is 14.3. The largest absolute Gasteiger partial charge is 0.357 e. The van der Waals surface area contributed by atoms with E-state index in [0.29, 0.717) is 16.6 Å². The van der Waals surface area contributed by atoms with Gasteiger partial charge in [-0.1, -0.05) is 42.7 Å². The van der Waals surface area contributed by atoms with Gasteiger partial charge in [-0.3, -0.25) is 0 Å². The van der Waals surface area contributed by atoms with Crippen LogP contribution in [0.5, 0.6) is 0 Å². The molecule has 2 aromatic heterocycles. The summed E-state index contributed by atoms with van der Waals surface area (Å²) >= 11 is 6.44. The maximum absolute atomic E-state index is 14.0. The van der Waals surface area contributed by atoms with E-state index in [0.717, 1.165) is 19.3 Å². The summed E-state index contributed by atoms with van der Waals surface area (Å²) in [6.45, 7) is 0. The molecule has 4 rings (SSSR count). The van der Waals surface area contributed by atoms with E-state index in [-0.39, 0.29) is 5.82 Å². The van der Waals surface area contributed by atoms with Gasteiger partial charge in [0.1, 0.15) is 16.4 Å². The number of benzene rings is 1. The fraction of sp³-hybridized carbons (Fsp3) is 0.353. The molecule has 2 heterocycles. The van der Waals surface area contributed by atoms with Crippen molar-refractivity contribution in [2.75, 3.05) is 5.32 Å². The van der Waals surface area contributed by atoms with Gasteiger partial charge < -0.3 is 5.32 Å². The lowest BCUT2D eigenvalue weighted by Gasteiger charge is -2.21. The van der Waals surface area contributed by atoms with Crippen LogP contribution >= 0.6 is 39.0 Å². The highest BCUT2D eigenvalue weighted by molar-refractivity contribution is 9.10. The van der Waals surface area contributed by atoms with Crippen molar-refractivity contribution in [2.24, 2.45) is 0 Å². The van der Waals surface area contributed by atoms with Crippen LogP contribution in [0.1, 0.15) is 32.1 Å². The average Bonchev–Trinajstić information content (AvgIpc) is 3.04. The number of nitrogens with zero attached hydrogens (tertiary/aromatic N) is 3. The Balaban J connectivity index is 1.53. The Bertz CT molecular complexity index is 895. The number of para-hydroxylation sites is 1. The van der Waals surface area contributed by atoms with Crippen LogP contribution in [0, 0.1) is 5.82 Å². The standard InChI is InChI=1S/C17H16BrFN4S2/c18-12-9-10-5-4-8-13(19)14(10)21-15(12)24-17-23-22-16(25-17)20-11-6-2-1-3-7-11/h4-5,8-9,11H,1-3,6-7H2,(H,20,22). The number of nitrogens with one attached hydrogen (secondary N) is 1. The second-order valence-electron chi connectivity index (χ2n) is 6.04. The quantitative estimate of drug-likeness (QED) is 0.550.